The van der Waals surface area contributed by atoms with Crippen LogP contribution in [0.25, 0.3) is 0 Å². The second-order valence-electron chi connectivity index (χ2n) is 4.81. The van der Waals surface area contributed by atoms with Crippen molar-refractivity contribution in [1.29, 1.82) is 0 Å². The Labute approximate surface area is 135 Å². The fourth-order valence-corrected chi connectivity index (χ4v) is 2.34. The lowest BCUT2D eigenvalue weighted by atomic mass is 9.98. The van der Waals surface area contributed by atoms with Crippen LogP contribution in [-0.2, 0) is 14.3 Å². The van der Waals surface area contributed by atoms with Gasteiger partial charge >= 0.3 is 12.1 Å². The van der Waals surface area contributed by atoms with Crippen LogP contribution in [0.5, 0.6) is 0 Å². The molecule has 1 aliphatic rings. The van der Waals surface area contributed by atoms with Crippen molar-refractivity contribution in [3.8, 4) is 0 Å². The predicted molar refractivity (Wildman–Crippen MR) is 84.6 cm³/mol. The maximum atomic E-state index is 12.6. The van der Waals surface area contributed by atoms with E-state index in [0.29, 0.717) is 18.7 Å². The Balaban J connectivity index is 3.10. The molecule has 126 valence electrons. The van der Waals surface area contributed by atoms with E-state index in [4.69, 9.17) is 9.84 Å². The summed E-state index contributed by atoms with van der Waals surface area (Å²) < 4.78 is 4.73. The fraction of sp³-hybridized carbons (Fsp3) is 0.438. The topological polar surface area (TPSA) is 87.2 Å². The van der Waals surface area contributed by atoms with E-state index in [0.717, 1.165) is 6.08 Å². The highest BCUT2D eigenvalue weighted by Crippen LogP contribution is 2.23. The van der Waals surface area contributed by atoms with Gasteiger partial charge in [0.15, 0.2) is 0 Å². The molecule has 1 unspecified atom stereocenters. The maximum Gasteiger partial charge on any atom is 0.414 e. The van der Waals surface area contributed by atoms with E-state index in [1.165, 1.54) is 24.3 Å². The first-order valence-corrected chi connectivity index (χ1v) is 7.39. The van der Waals surface area contributed by atoms with Crippen molar-refractivity contribution in [3.63, 3.8) is 0 Å². The molecule has 0 aromatic heterocycles. The number of allylic oxidation sites excluding steroid dienone is 2. The summed E-state index contributed by atoms with van der Waals surface area (Å²) in [6, 6.07) is -0.601. The number of ether oxygens (including phenoxy) is 1. The Bertz CT molecular complexity index is 547. The molecule has 0 saturated carbocycles. The molecule has 0 fully saturated rings. The molecule has 0 aromatic rings. The zero-order valence-electron chi connectivity index (χ0n) is 13.6. The van der Waals surface area contributed by atoms with E-state index in [9.17, 15) is 14.4 Å². The largest absolute Gasteiger partial charge is 0.478 e. The maximum absolute atomic E-state index is 12.6. The molecule has 7 heteroatoms. The first kappa shape index (κ1) is 18.5. The number of nitrogens with zero attached hydrogens (tertiary/aromatic N) is 2. The quantitative estimate of drug-likeness (QED) is 0.753. The molecule has 0 saturated heterocycles. The summed E-state index contributed by atoms with van der Waals surface area (Å²) in [6.07, 6.45) is 6.78. The third-order valence-electron chi connectivity index (χ3n) is 3.52. The average molecular weight is 322 g/mol. The molecular formula is C16H22N2O5. The highest BCUT2D eigenvalue weighted by molar-refractivity contribution is 5.96. The van der Waals surface area contributed by atoms with Gasteiger partial charge in [0.2, 0.25) is 0 Å². The predicted octanol–water partition coefficient (Wildman–Crippen LogP) is 1.78. The van der Waals surface area contributed by atoms with Gasteiger partial charge in [-0.15, -0.1) is 0 Å². The van der Waals surface area contributed by atoms with Gasteiger partial charge in [-0.05, 0) is 32.4 Å². The summed E-state index contributed by atoms with van der Waals surface area (Å²) in [7, 11) is 1.25. The first-order chi connectivity index (χ1) is 11.0. The van der Waals surface area contributed by atoms with Gasteiger partial charge < -0.3 is 14.7 Å². The van der Waals surface area contributed by atoms with Crippen LogP contribution in [-0.4, -0.2) is 59.1 Å². The highest BCUT2D eigenvalue weighted by Gasteiger charge is 2.32. The van der Waals surface area contributed by atoms with E-state index < -0.39 is 18.1 Å². The molecule has 0 aliphatic carbocycles. The van der Waals surface area contributed by atoms with Gasteiger partial charge in [-0.1, -0.05) is 6.08 Å². The van der Waals surface area contributed by atoms with Gasteiger partial charge in [0.05, 0.1) is 13.2 Å². The number of hydrogen-bond donors (Lipinski definition) is 1. The van der Waals surface area contributed by atoms with Crippen molar-refractivity contribution < 1.29 is 24.2 Å². The van der Waals surface area contributed by atoms with Crippen LogP contribution in [0.2, 0.25) is 0 Å². The zero-order valence-corrected chi connectivity index (χ0v) is 13.6. The van der Waals surface area contributed by atoms with Crippen LogP contribution >= 0.6 is 0 Å². The van der Waals surface area contributed by atoms with Crippen LogP contribution < -0.4 is 0 Å². The lowest BCUT2D eigenvalue weighted by molar-refractivity contribution is -0.131. The summed E-state index contributed by atoms with van der Waals surface area (Å²) in [6.45, 7) is 4.84. The van der Waals surface area contributed by atoms with Crippen LogP contribution in [0.3, 0.4) is 0 Å². The third-order valence-corrected chi connectivity index (χ3v) is 3.52. The number of rotatable bonds is 6. The average Bonchev–Trinajstić information content (AvgIpc) is 2.54. The van der Waals surface area contributed by atoms with E-state index in [1.54, 1.807) is 17.1 Å². The van der Waals surface area contributed by atoms with Crippen LogP contribution in [0.4, 0.5) is 4.79 Å². The Morgan fingerprint density at radius 2 is 2.00 bits per heavy atom. The molecule has 0 spiro atoms. The minimum Gasteiger partial charge on any atom is -0.478 e. The van der Waals surface area contributed by atoms with Crippen molar-refractivity contribution in [2.45, 2.75) is 26.3 Å². The zero-order chi connectivity index (χ0) is 17.4. The normalized spacial score (nSPS) is 17.1. The highest BCUT2D eigenvalue weighted by atomic mass is 16.5. The number of hydrogen-bond acceptors (Lipinski definition) is 4. The Hall–Kier alpha value is -2.57. The summed E-state index contributed by atoms with van der Waals surface area (Å²) in [4.78, 5) is 38.1. The molecule has 0 aromatic carbocycles. The smallest absolute Gasteiger partial charge is 0.414 e. The Morgan fingerprint density at radius 1 is 1.35 bits per heavy atom. The minimum atomic E-state index is -1.08. The van der Waals surface area contributed by atoms with Crippen LogP contribution in [0.15, 0.2) is 36.1 Å². The Morgan fingerprint density at radius 3 is 2.52 bits per heavy atom. The second-order valence-corrected chi connectivity index (χ2v) is 4.81. The Kier molecular flexibility index (Phi) is 7.05. The molecule has 0 radical (unpaired) electrons. The number of aliphatic carboxylic acids is 1. The monoisotopic (exact) mass is 322 g/mol. The van der Waals surface area contributed by atoms with Gasteiger partial charge in [0, 0.05) is 30.9 Å². The lowest BCUT2D eigenvalue weighted by Gasteiger charge is -2.32. The number of carboxylic acid groups (broad SMARTS) is 1. The SMILES string of the molecule is CCN(CC)C(=O)C1=CC=CN(C(=O)OC)C1C/C=C/C(=O)O. The number of carbonyl (C=O) groups is 3. The summed E-state index contributed by atoms with van der Waals surface area (Å²) in [5, 5.41) is 8.71. The second kappa shape index (κ2) is 8.77. The van der Waals surface area contributed by atoms with E-state index in [-0.39, 0.29) is 12.3 Å². The van der Waals surface area contributed by atoms with E-state index in [2.05, 4.69) is 0 Å². The molecule has 7 nitrogen and oxygen atoms in total. The van der Waals surface area contributed by atoms with Crippen molar-refractivity contribution in [1.82, 2.24) is 9.80 Å². The molecular weight excluding hydrogens is 300 g/mol. The standard InChI is InChI=1S/C16H22N2O5/c1-4-17(5-2)15(21)12-8-7-11-18(16(22)23-3)13(12)9-6-10-14(19)20/h6-8,10-11,13H,4-5,9H2,1-3H3,(H,19,20)/b10-6+. The summed E-state index contributed by atoms with van der Waals surface area (Å²) >= 11 is 0. The molecule has 0 bridgehead atoms. The van der Waals surface area contributed by atoms with E-state index >= 15 is 0 Å². The molecule has 1 aliphatic heterocycles. The van der Waals surface area contributed by atoms with Crippen molar-refractivity contribution in [2.75, 3.05) is 20.2 Å². The molecule has 2 amide bonds. The number of amides is 2. The van der Waals surface area contributed by atoms with Crippen molar-refractivity contribution in [2.24, 2.45) is 0 Å². The fourth-order valence-electron chi connectivity index (χ4n) is 2.34. The molecule has 23 heavy (non-hydrogen) atoms. The van der Waals surface area contributed by atoms with Gasteiger partial charge in [0.1, 0.15) is 0 Å². The lowest BCUT2D eigenvalue weighted by Crippen LogP contribution is -2.44. The number of methoxy groups -OCH3 is 1. The minimum absolute atomic E-state index is 0.179. The van der Waals surface area contributed by atoms with Gasteiger partial charge in [-0.3, -0.25) is 9.69 Å². The van der Waals surface area contributed by atoms with Gasteiger partial charge in [-0.2, -0.15) is 0 Å². The van der Waals surface area contributed by atoms with Crippen molar-refractivity contribution in [3.05, 3.63) is 36.1 Å². The first-order valence-electron chi connectivity index (χ1n) is 7.39. The van der Waals surface area contributed by atoms with Crippen LogP contribution in [0.1, 0.15) is 20.3 Å². The third kappa shape index (κ3) is 4.70. The molecule has 1 rings (SSSR count). The van der Waals surface area contributed by atoms with E-state index in [1.807, 2.05) is 13.8 Å². The number of likely N-dealkylation sites (N-methyl/N-ethyl adjacent to an activating group) is 1. The van der Waals surface area contributed by atoms with Gasteiger partial charge in [0.25, 0.3) is 5.91 Å². The molecule has 1 heterocycles. The number of carbonyl (C=O) groups excluding carboxylic acids is 2. The molecule has 1 atom stereocenters. The molecule has 1 N–H and O–H groups in total. The summed E-state index contributed by atoms with van der Waals surface area (Å²) in [5.74, 6) is -1.26. The summed E-state index contributed by atoms with van der Waals surface area (Å²) in [5.41, 5.74) is 0.427. The van der Waals surface area contributed by atoms with Crippen LogP contribution in [0, 0.1) is 0 Å². The van der Waals surface area contributed by atoms with Crippen molar-refractivity contribution >= 4 is 18.0 Å². The number of carboxylic acids is 1. The van der Waals surface area contributed by atoms with Gasteiger partial charge in [-0.25, -0.2) is 9.59 Å².